The first-order valence-electron chi connectivity index (χ1n) is 8.20. The fourth-order valence-electron chi connectivity index (χ4n) is 2.64. The Bertz CT molecular complexity index is 500. The predicted molar refractivity (Wildman–Crippen MR) is 109 cm³/mol. The minimum Gasteiger partial charge on any atom is -0.355 e. The smallest absolute Gasteiger partial charge is 0.191 e. The topological polar surface area (TPSA) is 42.9 Å². The highest BCUT2D eigenvalue weighted by Crippen LogP contribution is 2.04. The minimum absolute atomic E-state index is 0. The normalized spacial score (nSPS) is 17.9. The average Bonchev–Trinajstić information content (AvgIpc) is 2.57. The summed E-state index contributed by atoms with van der Waals surface area (Å²) >= 11 is 0. The van der Waals surface area contributed by atoms with Crippen molar-refractivity contribution in [3.63, 3.8) is 0 Å². The molecule has 0 saturated carbocycles. The van der Waals surface area contributed by atoms with Crippen molar-refractivity contribution in [1.29, 1.82) is 0 Å². The molecule has 2 N–H and O–H groups in total. The first-order valence-corrected chi connectivity index (χ1v) is 8.20. The minimum atomic E-state index is -0.211. The van der Waals surface area contributed by atoms with E-state index in [9.17, 15) is 4.39 Å². The van der Waals surface area contributed by atoms with Crippen LogP contribution in [0.1, 0.15) is 12.5 Å². The molecule has 0 amide bonds. The lowest BCUT2D eigenvalue weighted by Gasteiger charge is -2.36. The largest absolute Gasteiger partial charge is 0.355 e. The van der Waals surface area contributed by atoms with Crippen LogP contribution in [0, 0.1) is 5.82 Å². The lowest BCUT2D eigenvalue weighted by atomic mass is 10.2. The van der Waals surface area contributed by atoms with Crippen LogP contribution in [-0.4, -0.2) is 68.6 Å². The quantitative estimate of drug-likeness (QED) is 0.409. The van der Waals surface area contributed by atoms with E-state index in [0.717, 1.165) is 44.2 Å². The Balaban J connectivity index is 0.00000288. The van der Waals surface area contributed by atoms with Crippen molar-refractivity contribution in [3.05, 3.63) is 35.6 Å². The summed E-state index contributed by atoms with van der Waals surface area (Å²) in [5.41, 5.74) is 1.03. The second-order valence-corrected chi connectivity index (χ2v) is 6.12. The highest BCUT2D eigenvalue weighted by Gasteiger charge is 2.18. The van der Waals surface area contributed by atoms with Crippen molar-refractivity contribution in [3.8, 4) is 0 Å². The molecule has 1 saturated heterocycles. The Hall–Kier alpha value is -0.930. The van der Waals surface area contributed by atoms with Gasteiger partial charge in [0.05, 0.1) is 0 Å². The van der Waals surface area contributed by atoms with Crippen molar-refractivity contribution in [2.75, 3.05) is 46.8 Å². The number of aliphatic imine (C=N–C) groups is 1. The Labute approximate surface area is 161 Å². The van der Waals surface area contributed by atoms with Crippen LogP contribution in [0.2, 0.25) is 0 Å². The summed E-state index contributed by atoms with van der Waals surface area (Å²) in [5.74, 6) is 0.563. The third-order valence-corrected chi connectivity index (χ3v) is 4.32. The average molecular weight is 449 g/mol. The zero-order valence-corrected chi connectivity index (χ0v) is 17.1. The first-order chi connectivity index (χ1) is 11.1. The van der Waals surface area contributed by atoms with Crippen LogP contribution in [0.3, 0.4) is 0 Å². The lowest BCUT2D eigenvalue weighted by molar-refractivity contribution is 0.120. The molecule has 1 aromatic rings. The van der Waals surface area contributed by atoms with Gasteiger partial charge in [-0.2, -0.15) is 0 Å². The van der Waals surface area contributed by atoms with Gasteiger partial charge in [0, 0.05) is 52.4 Å². The van der Waals surface area contributed by atoms with E-state index in [4.69, 9.17) is 0 Å². The second kappa shape index (κ2) is 10.8. The molecule has 1 fully saturated rings. The zero-order valence-electron chi connectivity index (χ0n) is 14.8. The standard InChI is InChI=1S/C17H28FN5.HI/c1-14(23-10-8-22(3)9-11-23)12-20-17(19-2)21-13-15-4-6-16(18)7-5-15;/h4-7,14H,8-13H2,1-3H3,(H2,19,20,21);1H. The molecular weight excluding hydrogens is 420 g/mol. The Morgan fingerprint density at radius 3 is 2.38 bits per heavy atom. The van der Waals surface area contributed by atoms with Gasteiger partial charge in [-0.1, -0.05) is 12.1 Å². The van der Waals surface area contributed by atoms with E-state index in [1.54, 1.807) is 19.2 Å². The van der Waals surface area contributed by atoms with E-state index in [-0.39, 0.29) is 29.8 Å². The summed E-state index contributed by atoms with van der Waals surface area (Å²) in [6.07, 6.45) is 0. The van der Waals surface area contributed by atoms with Crippen molar-refractivity contribution in [2.45, 2.75) is 19.5 Å². The molecule has 7 heteroatoms. The van der Waals surface area contributed by atoms with Gasteiger partial charge >= 0.3 is 0 Å². The fourth-order valence-corrected chi connectivity index (χ4v) is 2.64. The highest BCUT2D eigenvalue weighted by atomic mass is 127. The molecular formula is C17H29FIN5. The van der Waals surface area contributed by atoms with Gasteiger partial charge in [-0.25, -0.2) is 4.39 Å². The maximum atomic E-state index is 12.9. The summed E-state index contributed by atoms with van der Waals surface area (Å²) in [6.45, 7) is 8.20. The molecule has 2 rings (SSSR count). The zero-order chi connectivity index (χ0) is 16.7. The van der Waals surface area contributed by atoms with Crippen LogP contribution in [-0.2, 0) is 6.54 Å². The van der Waals surface area contributed by atoms with E-state index in [1.165, 1.54) is 12.1 Å². The Kier molecular flexibility index (Phi) is 9.53. The molecule has 1 aliphatic rings. The second-order valence-electron chi connectivity index (χ2n) is 6.12. The van der Waals surface area contributed by atoms with E-state index in [1.807, 2.05) is 0 Å². The van der Waals surface area contributed by atoms with E-state index >= 15 is 0 Å². The molecule has 1 unspecified atom stereocenters. The number of nitrogens with zero attached hydrogens (tertiary/aromatic N) is 3. The number of nitrogens with one attached hydrogen (secondary N) is 2. The van der Waals surface area contributed by atoms with E-state index < -0.39 is 0 Å². The van der Waals surface area contributed by atoms with Gasteiger partial charge in [0.15, 0.2) is 5.96 Å². The molecule has 1 atom stereocenters. The van der Waals surface area contributed by atoms with E-state index in [0.29, 0.717) is 12.6 Å². The molecule has 1 aliphatic heterocycles. The fraction of sp³-hybridized carbons (Fsp3) is 0.588. The first kappa shape index (κ1) is 21.1. The molecule has 0 radical (unpaired) electrons. The van der Waals surface area contributed by atoms with Crippen molar-refractivity contribution < 1.29 is 4.39 Å². The molecule has 136 valence electrons. The number of guanidine groups is 1. The summed E-state index contributed by atoms with van der Waals surface area (Å²) in [5, 5.41) is 6.63. The van der Waals surface area contributed by atoms with Crippen LogP contribution in [0.4, 0.5) is 4.39 Å². The number of benzene rings is 1. The Morgan fingerprint density at radius 1 is 1.17 bits per heavy atom. The van der Waals surface area contributed by atoms with Crippen LogP contribution in [0.25, 0.3) is 0 Å². The van der Waals surface area contributed by atoms with Crippen LogP contribution in [0.5, 0.6) is 0 Å². The third-order valence-electron chi connectivity index (χ3n) is 4.32. The number of likely N-dealkylation sites (N-methyl/N-ethyl adjacent to an activating group) is 1. The van der Waals surface area contributed by atoms with Crippen LogP contribution < -0.4 is 10.6 Å². The monoisotopic (exact) mass is 449 g/mol. The summed E-state index contributed by atoms with van der Waals surface area (Å²) < 4.78 is 12.9. The summed E-state index contributed by atoms with van der Waals surface area (Å²) in [6, 6.07) is 6.98. The third kappa shape index (κ3) is 6.90. The number of piperazine rings is 1. The number of hydrogen-bond acceptors (Lipinski definition) is 3. The van der Waals surface area contributed by atoms with Gasteiger partial charge < -0.3 is 15.5 Å². The maximum Gasteiger partial charge on any atom is 0.191 e. The van der Waals surface area contributed by atoms with Crippen molar-refractivity contribution in [2.24, 2.45) is 4.99 Å². The molecule has 5 nitrogen and oxygen atoms in total. The molecule has 0 bridgehead atoms. The molecule has 1 aromatic carbocycles. The summed E-state index contributed by atoms with van der Waals surface area (Å²) in [4.78, 5) is 9.10. The molecule has 24 heavy (non-hydrogen) atoms. The van der Waals surface area contributed by atoms with Crippen LogP contribution in [0.15, 0.2) is 29.3 Å². The predicted octanol–water partition coefficient (Wildman–Crippen LogP) is 1.74. The van der Waals surface area contributed by atoms with Gasteiger partial charge in [0.25, 0.3) is 0 Å². The lowest BCUT2D eigenvalue weighted by Crippen LogP contribution is -2.52. The van der Waals surface area contributed by atoms with Gasteiger partial charge in [0.2, 0.25) is 0 Å². The maximum absolute atomic E-state index is 12.9. The molecule has 0 aromatic heterocycles. The van der Waals surface area contributed by atoms with Crippen molar-refractivity contribution >= 4 is 29.9 Å². The molecule has 1 heterocycles. The van der Waals surface area contributed by atoms with Gasteiger partial charge in [0.1, 0.15) is 5.82 Å². The molecule has 0 aliphatic carbocycles. The Morgan fingerprint density at radius 2 is 1.79 bits per heavy atom. The highest BCUT2D eigenvalue weighted by molar-refractivity contribution is 14.0. The van der Waals surface area contributed by atoms with Gasteiger partial charge in [-0.3, -0.25) is 9.89 Å². The summed E-state index contributed by atoms with van der Waals surface area (Å²) in [7, 11) is 3.93. The molecule has 0 spiro atoms. The van der Waals surface area contributed by atoms with Crippen molar-refractivity contribution in [1.82, 2.24) is 20.4 Å². The SMILES string of the molecule is CN=C(NCc1ccc(F)cc1)NCC(C)N1CCN(C)CC1.I. The van der Waals surface area contributed by atoms with Gasteiger partial charge in [-0.05, 0) is 31.7 Å². The van der Waals surface area contributed by atoms with E-state index in [2.05, 4.69) is 39.4 Å². The number of halogens is 2. The van der Waals surface area contributed by atoms with Crippen LogP contribution >= 0.6 is 24.0 Å². The van der Waals surface area contributed by atoms with Gasteiger partial charge in [-0.15, -0.1) is 24.0 Å². The number of rotatable bonds is 5. The number of hydrogen-bond donors (Lipinski definition) is 2.